The van der Waals surface area contributed by atoms with Crippen LogP contribution in [0.3, 0.4) is 0 Å². The van der Waals surface area contributed by atoms with Gasteiger partial charge in [0.2, 0.25) is 11.8 Å². The zero-order chi connectivity index (χ0) is 29.1. The van der Waals surface area contributed by atoms with E-state index in [0.29, 0.717) is 29.2 Å². The van der Waals surface area contributed by atoms with Crippen molar-refractivity contribution >= 4 is 41.3 Å². The molecule has 0 saturated heterocycles. The van der Waals surface area contributed by atoms with Crippen LogP contribution in [0.15, 0.2) is 127 Å². The number of para-hydroxylation sites is 2. The Morgan fingerprint density at radius 2 is 1.21 bits per heavy atom. The first-order chi connectivity index (χ1) is 20.5. The van der Waals surface area contributed by atoms with Crippen LogP contribution in [-0.2, 0) is 29.1 Å². The minimum absolute atomic E-state index is 0. The van der Waals surface area contributed by atoms with E-state index >= 15 is 0 Å². The number of carbonyl (C=O) groups excluding carboxylic acids is 2. The summed E-state index contributed by atoms with van der Waals surface area (Å²) in [7, 11) is 0. The van der Waals surface area contributed by atoms with E-state index in [4.69, 9.17) is 5.73 Å². The van der Waals surface area contributed by atoms with Gasteiger partial charge < -0.3 is 10.6 Å². The number of halogens is 2. The summed E-state index contributed by atoms with van der Waals surface area (Å²) in [4.78, 5) is 31.9. The Morgan fingerprint density at radius 1 is 0.628 bits per heavy atom. The second kappa shape index (κ2) is 13.0. The van der Waals surface area contributed by atoms with Crippen molar-refractivity contribution in [3.8, 4) is 11.1 Å². The van der Waals surface area contributed by atoms with Crippen molar-refractivity contribution in [2.75, 3.05) is 9.80 Å². The highest BCUT2D eigenvalue weighted by Crippen LogP contribution is 2.41. The number of rotatable bonds is 7. The lowest BCUT2D eigenvalue weighted by atomic mass is 9.95. The maximum Gasteiger partial charge on any atom is 0.244 e. The predicted molar refractivity (Wildman–Crippen MR) is 172 cm³/mol. The van der Waals surface area contributed by atoms with Crippen molar-refractivity contribution in [1.82, 2.24) is 0 Å². The molecule has 1 heterocycles. The molecule has 6 rings (SSSR count). The van der Waals surface area contributed by atoms with Crippen LogP contribution in [0.2, 0.25) is 0 Å². The lowest BCUT2D eigenvalue weighted by Gasteiger charge is -2.26. The van der Waals surface area contributed by atoms with Gasteiger partial charge in [-0.3, -0.25) is 14.5 Å². The molecule has 216 valence electrons. The number of benzene rings is 5. The highest BCUT2D eigenvalue weighted by Gasteiger charge is 2.41. The van der Waals surface area contributed by atoms with Crippen LogP contribution in [0.25, 0.3) is 11.1 Å². The zero-order valence-electron chi connectivity index (χ0n) is 23.4. The Kier molecular flexibility index (Phi) is 9.00. The first-order valence-corrected chi connectivity index (χ1v) is 13.9. The minimum atomic E-state index is -1.13. The van der Waals surface area contributed by atoms with E-state index in [2.05, 4.69) is 12.1 Å². The number of amides is 2. The molecule has 0 spiro atoms. The molecule has 43 heavy (non-hydrogen) atoms. The summed E-state index contributed by atoms with van der Waals surface area (Å²) in [6.07, 6.45) is -0.0564. The Labute approximate surface area is 256 Å². The highest BCUT2D eigenvalue weighted by molar-refractivity contribution is 6.20. The van der Waals surface area contributed by atoms with Gasteiger partial charge in [0.1, 0.15) is 11.7 Å². The summed E-state index contributed by atoms with van der Waals surface area (Å²) in [5, 5.41) is 0. The summed E-state index contributed by atoms with van der Waals surface area (Å²) >= 11 is 0. The largest absolute Gasteiger partial charge is 0.326 e. The van der Waals surface area contributed by atoms with Gasteiger partial charge in [-0.1, -0.05) is 97.1 Å². The third-order valence-corrected chi connectivity index (χ3v) is 7.71. The summed E-state index contributed by atoms with van der Waals surface area (Å²) in [5.74, 6) is -2.35. The third kappa shape index (κ3) is 6.07. The summed E-state index contributed by atoms with van der Waals surface area (Å²) in [5.41, 5.74) is 12.0. The van der Waals surface area contributed by atoms with Crippen LogP contribution in [0, 0.1) is 11.7 Å². The van der Waals surface area contributed by atoms with Crippen molar-refractivity contribution in [2.24, 2.45) is 11.7 Å². The number of carbonyl (C=O) groups is 2. The van der Waals surface area contributed by atoms with Crippen LogP contribution in [-0.4, -0.2) is 11.8 Å². The number of hydrogen-bond donors (Lipinski definition) is 1. The number of hydrogen-bond acceptors (Lipinski definition) is 3. The van der Waals surface area contributed by atoms with Gasteiger partial charge >= 0.3 is 0 Å². The van der Waals surface area contributed by atoms with E-state index in [0.717, 1.165) is 22.3 Å². The fourth-order valence-corrected chi connectivity index (χ4v) is 5.45. The molecule has 0 bridgehead atoms. The second-order valence-electron chi connectivity index (χ2n) is 10.4. The average molecular weight is 592 g/mol. The normalized spacial score (nSPS) is 14.6. The van der Waals surface area contributed by atoms with Gasteiger partial charge in [0.25, 0.3) is 0 Å². The van der Waals surface area contributed by atoms with Gasteiger partial charge in [-0.15, -0.1) is 12.4 Å². The standard InChI is InChI=1S/C36H30FN3O2.ClH/c37-32-11-5-4-10-29(32)22-31-35(41)39(24-26-14-18-28(19-15-26)27-8-2-1-3-9-27)33-12-6-7-13-34(33)40(36(31)42)30-20-16-25(23-38)17-21-30;/h1-21,31H,22-24,38H2;1H. The maximum atomic E-state index is 14.8. The predicted octanol–water partition coefficient (Wildman–Crippen LogP) is 7.44. The molecule has 0 radical (unpaired) electrons. The molecule has 1 aliphatic heterocycles. The molecule has 2 N–H and O–H groups in total. The minimum Gasteiger partial charge on any atom is -0.326 e. The van der Waals surface area contributed by atoms with E-state index in [-0.39, 0.29) is 31.3 Å². The molecule has 1 aliphatic rings. The van der Waals surface area contributed by atoms with E-state index < -0.39 is 17.6 Å². The molecular weight excluding hydrogens is 561 g/mol. The first kappa shape index (κ1) is 29.7. The Bertz CT molecular complexity index is 1730. The molecule has 7 heteroatoms. The Hall–Kier alpha value is -4.78. The Balaban J connectivity index is 0.00000368. The highest BCUT2D eigenvalue weighted by atomic mass is 35.5. The number of nitrogens with zero attached hydrogens (tertiary/aromatic N) is 2. The number of anilines is 3. The molecule has 5 aromatic carbocycles. The van der Waals surface area contributed by atoms with Crippen molar-refractivity contribution in [1.29, 1.82) is 0 Å². The van der Waals surface area contributed by atoms with E-state index in [9.17, 15) is 14.0 Å². The molecule has 0 saturated carbocycles. The van der Waals surface area contributed by atoms with Crippen LogP contribution in [0.5, 0.6) is 0 Å². The molecule has 0 aliphatic carbocycles. The molecule has 1 atom stereocenters. The van der Waals surface area contributed by atoms with Crippen molar-refractivity contribution in [3.63, 3.8) is 0 Å². The van der Waals surface area contributed by atoms with Gasteiger partial charge in [-0.2, -0.15) is 0 Å². The topological polar surface area (TPSA) is 66.6 Å². The SMILES string of the molecule is Cl.NCc1ccc(N2C(=O)C(Cc3ccccc3F)C(=O)N(Cc3ccc(-c4ccccc4)cc3)c3ccccc32)cc1. The summed E-state index contributed by atoms with van der Waals surface area (Å²) in [6, 6.07) is 39.3. The first-order valence-electron chi connectivity index (χ1n) is 13.9. The molecule has 5 nitrogen and oxygen atoms in total. The summed E-state index contributed by atoms with van der Waals surface area (Å²) in [6.45, 7) is 0.627. The third-order valence-electron chi connectivity index (χ3n) is 7.71. The second-order valence-corrected chi connectivity index (χ2v) is 10.4. The molecular formula is C36H31ClFN3O2. The maximum absolute atomic E-state index is 14.8. The van der Waals surface area contributed by atoms with Gasteiger partial charge in [0.05, 0.1) is 17.9 Å². The van der Waals surface area contributed by atoms with Gasteiger partial charge in [-0.05, 0) is 64.6 Å². The van der Waals surface area contributed by atoms with Crippen molar-refractivity contribution < 1.29 is 14.0 Å². The molecule has 0 aromatic heterocycles. The molecule has 2 amide bonds. The average Bonchev–Trinajstić information content (AvgIpc) is 3.12. The van der Waals surface area contributed by atoms with Crippen LogP contribution in [0.1, 0.15) is 16.7 Å². The number of fused-ring (bicyclic) bond motifs is 1. The lowest BCUT2D eigenvalue weighted by molar-refractivity contribution is -0.131. The molecule has 5 aromatic rings. The zero-order valence-corrected chi connectivity index (χ0v) is 24.2. The van der Waals surface area contributed by atoms with Gasteiger partial charge in [-0.25, -0.2) is 4.39 Å². The van der Waals surface area contributed by atoms with E-state index in [1.807, 2.05) is 91.0 Å². The lowest BCUT2D eigenvalue weighted by Crippen LogP contribution is -2.41. The molecule has 1 unspecified atom stereocenters. The van der Waals surface area contributed by atoms with Crippen LogP contribution >= 0.6 is 12.4 Å². The van der Waals surface area contributed by atoms with E-state index in [1.165, 1.54) is 6.07 Å². The smallest absolute Gasteiger partial charge is 0.244 e. The monoisotopic (exact) mass is 591 g/mol. The van der Waals surface area contributed by atoms with Crippen molar-refractivity contribution in [3.05, 3.63) is 150 Å². The summed E-state index contributed by atoms with van der Waals surface area (Å²) < 4.78 is 14.8. The molecule has 0 fully saturated rings. The van der Waals surface area contributed by atoms with Gasteiger partial charge in [0.15, 0.2) is 0 Å². The Morgan fingerprint density at radius 3 is 1.88 bits per heavy atom. The fraction of sp³-hybridized carbons (Fsp3) is 0.111. The number of nitrogens with two attached hydrogens (primary N) is 1. The van der Waals surface area contributed by atoms with Crippen LogP contribution in [0.4, 0.5) is 21.5 Å². The van der Waals surface area contributed by atoms with Crippen LogP contribution < -0.4 is 15.5 Å². The van der Waals surface area contributed by atoms with E-state index in [1.54, 1.807) is 28.0 Å². The van der Waals surface area contributed by atoms with Gasteiger partial charge in [0, 0.05) is 12.2 Å². The van der Waals surface area contributed by atoms with Crippen molar-refractivity contribution in [2.45, 2.75) is 19.5 Å². The quantitative estimate of drug-likeness (QED) is 0.200. The fourth-order valence-electron chi connectivity index (χ4n) is 5.45.